The van der Waals surface area contributed by atoms with E-state index in [-0.39, 0.29) is 0 Å². The highest BCUT2D eigenvalue weighted by Gasteiger charge is 2.28. The van der Waals surface area contributed by atoms with Gasteiger partial charge in [-0.1, -0.05) is 12.1 Å². The minimum atomic E-state index is -0.498. The monoisotopic (exact) mass is 329 g/mol. The van der Waals surface area contributed by atoms with Gasteiger partial charge in [-0.2, -0.15) is 5.10 Å². The van der Waals surface area contributed by atoms with Gasteiger partial charge in [-0.3, -0.25) is 9.58 Å². The van der Waals surface area contributed by atoms with Gasteiger partial charge in [-0.25, -0.2) is 0 Å². The molecule has 3 rings (SSSR count). The summed E-state index contributed by atoms with van der Waals surface area (Å²) in [7, 11) is 1.94. The topological polar surface area (TPSA) is 50.5 Å². The lowest BCUT2D eigenvalue weighted by Gasteiger charge is -2.26. The molecule has 24 heavy (non-hydrogen) atoms. The third kappa shape index (κ3) is 3.97. The maximum Gasteiger partial charge on any atom is 0.122 e. The number of aromatic nitrogens is 2. The molecule has 1 aromatic carbocycles. The number of aliphatic hydroxyl groups excluding tert-OH is 1. The van der Waals surface area contributed by atoms with Crippen molar-refractivity contribution in [2.24, 2.45) is 7.05 Å². The molecule has 0 unspecified atom stereocenters. The van der Waals surface area contributed by atoms with Crippen LogP contribution < -0.4 is 4.74 Å². The van der Waals surface area contributed by atoms with Crippen LogP contribution in [-0.4, -0.2) is 45.6 Å². The van der Waals surface area contributed by atoms with Gasteiger partial charge in [-0.15, -0.1) is 0 Å². The number of β-amino-alcohol motifs (C(OH)–C–C–N with tert-alkyl or cyclic N) is 1. The van der Waals surface area contributed by atoms with Crippen molar-refractivity contribution in [2.45, 2.75) is 38.8 Å². The molecule has 0 amide bonds. The lowest BCUT2D eigenvalue weighted by Crippen LogP contribution is -2.35. The van der Waals surface area contributed by atoms with Crippen LogP contribution in [0.1, 0.15) is 35.6 Å². The average molecular weight is 329 g/mol. The van der Waals surface area contributed by atoms with E-state index < -0.39 is 6.10 Å². The molecule has 1 aromatic heterocycles. The van der Waals surface area contributed by atoms with Gasteiger partial charge in [0.25, 0.3) is 0 Å². The van der Waals surface area contributed by atoms with Gasteiger partial charge < -0.3 is 9.84 Å². The fourth-order valence-electron chi connectivity index (χ4n) is 3.41. The zero-order chi connectivity index (χ0) is 17.1. The second-order valence-electron chi connectivity index (χ2n) is 6.83. The first-order chi connectivity index (χ1) is 11.5. The second-order valence-corrected chi connectivity index (χ2v) is 6.83. The van der Waals surface area contributed by atoms with Gasteiger partial charge in [0.1, 0.15) is 18.5 Å². The molecule has 5 heteroatoms. The van der Waals surface area contributed by atoms with Crippen molar-refractivity contribution in [3.63, 3.8) is 0 Å². The molecule has 1 saturated heterocycles. The van der Waals surface area contributed by atoms with Gasteiger partial charge in [0.2, 0.25) is 0 Å². The number of hydrogen-bond donors (Lipinski definition) is 1. The van der Waals surface area contributed by atoms with Crippen molar-refractivity contribution in [1.82, 2.24) is 14.7 Å². The number of ether oxygens (including phenoxy) is 1. The van der Waals surface area contributed by atoms with E-state index in [1.165, 1.54) is 11.1 Å². The smallest absolute Gasteiger partial charge is 0.122 e. The SMILES string of the molecule is Cc1ccc(C)c(OC[C@H](O)CN2CCC[C@H]2c2cnn(C)c2)c1. The summed E-state index contributed by atoms with van der Waals surface area (Å²) in [5, 5.41) is 14.7. The molecule has 0 spiro atoms. The Morgan fingerprint density at radius 1 is 1.38 bits per heavy atom. The first kappa shape index (κ1) is 17.0. The summed E-state index contributed by atoms with van der Waals surface area (Å²) >= 11 is 0. The highest BCUT2D eigenvalue weighted by atomic mass is 16.5. The van der Waals surface area contributed by atoms with Gasteiger partial charge in [0, 0.05) is 31.4 Å². The van der Waals surface area contributed by atoms with Crippen LogP contribution in [0.25, 0.3) is 0 Å². The second kappa shape index (κ2) is 7.36. The summed E-state index contributed by atoms with van der Waals surface area (Å²) in [6.45, 7) is 6.04. The molecule has 2 atom stereocenters. The van der Waals surface area contributed by atoms with Crippen molar-refractivity contribution < 1.29 is 9.84 Å². The molecule has 1 aliphatic heterocycles. The lowest BCUT2D eigenvalue weighted by atomic mass is 10.1. The highest BCUT2D eigenvalue weighted by molar-refractivity contribution is 5.35. The number of nitrogens with zero attached hydrogens (tertiary/aromatic N) is 3. The van der Waals surface area contributed by atoms with Gasteiger partial charge in [-0.05, 0) is 50.4 Å². The molecular formula is C19H27N3O2. The van der Waals surface area contributed by atoms with Crippen molar-refractivity contribution in [3.8, 4) is 5.75 Å². The first-order valence-electron chi connectivity index (χ1n) is 8.63. The number of aryl methyl sites for hydroxylation is 3. The van der Waals surface area contributed by atoms with Crippen LogP contribution in [0.2, 0.25) is 0 Å². The summed E-state index contributed by atoms with van der Waals surface area (Å²) in [6.07, 6.45) is 5.78. The van der Waals surface area contributed by atoms with E-state index in [0.717, 1.165) is 30.7 Å². The molecule has 0 bridgehead atoms. The maximum absolute atomic E-state index is 10.4. The number of likely N-dealkylation sites (tertiary alicyclic amines) is 1. The Kier molecular flexibility index (Phi) is 5.21. The van der Waals surface area contributed by atoms with Gasteiger partial charge in [0.05, 0.1) is 6.20 Å². The molecule has 2 aromatic rings. The first-order valence-corrected chi connectivity index (χ1v) is 8.63. The molecule has 5 nitrogen and oxygen atoms in total. The summed E-state index contributed by atoms with van der Waals surface area (Å²) in [6, 6.07) is 6.50. The summed E-state index contributed by atoms with van der Waals surface area (Å²) in [5.74, 6) is 0.860. The quantitative estimate of drug-likeness (QED) is 0.885. The van der Waals surface area contributed by atoms with E-state index in [0.29, 0.717) is 19.2 Å². The molecule has 2 heterocycles. The molecular weight excluding hydrogens is 302 g/mol. The molecule has 1 aliphatic rings. The van der Waals surface area contributed by atoms with Crippen LogP contribution in [-0.2, 0) is 7.05 Å². The Morgan fingerprint density at radius 3 is 2.96 bits per heavy atom. The minimum absolute atomic E-state index is 0.320. The fourth-order valence-corrected chi connectivity index (χ4v) is 3.41. The largest absolute Gasteiger partial charge is 0.491 e. The predicted octanol–water partition coefficient (Wildman–Crippen LogP) is 2.61. The fraction of sp³-hybridized carbons (Fsp3) is 0.526. The Hall–Kier alpha value is -1.85. The number of aliphatic hydroxyl groups is 1. The molecule has 130 valence electrons. The van der Waals surface area contributed by atoms with Crippen LogP contribution in [0.15, 0.2) is 30.6 Å². The zero-order valence-corrected chi connectivity index (χ0v) is 14.8. The Balaban J connectivity index is 1.56. The third-order valence-electron chi connectivity index (χ3n) is 4.69. The number of rotatable bonds is 6. The third-order valence-corrected chi connectivity index (χ3v) is 4.69. The normalized spacial score (nSPS) is 19.6. The zero-order valence-electron chi connectivity index (χ0n) is 14.8. The average Bonchev–Trinajstić information content (AvgIpc) is 3.17. The van der Waals surface area contributed by atoms with Crippen LogP contribution in [0.4, 0.5) is 0 Å². The molecule has 0 aliphatic carbocycles. The lowest BCUT2D eigenvalue weighted by molar-refractivity contribution is 0.0636. The van der Waals surface area contributed by atoms with E-state index >= 15 is 0 Å². The summed E-state index contributed by atoms with van der Waals surface area (Å²) < 4.78 is 7.68. The van der Waals surface area contributed by atoms with Crippen LogP contribution in [0, 0.1) is 13.8 Å². The van der Waals surface area contributed by atoms with E-state index in [9.17, 15) is 5.11 Å². The van der Waals surface area contributed by atoms with Crippen LogP contribution in [0.3, 0.4) is 0 Å². The highest BCUT2D eigenvalue weighted by Crippen LogP contribution is 2.31. The molecule has 1 fully saturated rings. The standard InChI is InChI=1S/C19H27N3O2/c1-14-6-7-15(2)19(9-14)24-13-17(23)12-22-8-4-5-18(22)16-10-20-21(3)11-16/h6-7,9-11,17-18,23H,4-5,8,12-13H2,1-3H3/t17-,18+/m1/s1. The summed E-state index contributed by atoms with van der Waals surface area (Å²) in [4.78, 5) is 2.34. The van der Waals surface area contributed by atoms with Crippen LogP contribution >= 0.6 is 0 Å². The number of benzene rings is 1. The summed E-state index contributed by atoms with van der Waals surface area (Å²) in [5.41, 5.74) is 3.50. The van der Waals surface area contributed by atoms with E-state index in [4.69, 9.17) is 4.74 Å². The van der Waals surface area contributed by atoms with Gasteiger partial charge in [0.15, 0.2) is 0 Å². The molecule has 0 saturated carbocycles. The van der Waals surface area contributed by atoms with Crippen molar-refractivity contribution in [3.05, 3.63) is 47.3 Å². The maximum atomic E-state index is 10.4. The number of hydrogen-bond acceptors (Lipinski definition) is 4. The van der Waals surface area contributed by atoms with E-state index in [2.05, 4.69) is 28.3 Å². The Bertz CT molecular complexity index is 683. The van der Waals surface area contributed by atoms with E-state index in [1.54, 1.807) is 0 Å². The van der Waals surface area contributed by atoms with Crippen LogP contribution in [0.5, 0.6) is 5.75 Å². The Labute approximate surface area is 143 Å². The Morgan fingerprint density at radius 2 is 2.21 bits per heavy atom. The predicted molar refractivity (Wildman–Crippen MR) is 94.2 cm³/mol. The van der Waals surface area contributed by atoms with Crippen molar-refractivity contribution >= 4 is 0 Å². The van der Waals surface area contributed by atoms with Gasteiger partial charge >= 0.3 is 0 Å². The minimum Gasteiger partial charge on any atom is -0.491 e. The molecule has 1 N–H and O–H groups in total. The van der Waals surface area contributed by atoms with Crippen molar-refractivity contribution in [2.75, 3.05) is 19.7 Å². The van der Waals surface area contributed by atoms with E-state index in [1.807, 2.05) is 37.8 Å². The van der Waals surface area contributed by atoms with Crippen molar-refractivity contribution in [1.29, 1.82) is 0 Å². The molecule has 0 radical (unpaired) electrons.